The number of rotatable bonds is 4. The smallest absolute Gasteiger partial charge is 0.265 e. The fraction of sp³-hybridized carbons (Fsp3) is 0.130. The highest BCUT2D eigenvalue weighted by Crippen LogP contribution is 2.35. The third-order valence-corrected chi connectivity index (χ3v) is 4.66. The molecule has 0 spiro atoms. The first kappa shape index (κ1) is 17.8. The van der Waals surface area contributed by atoms with Gasteiger partial charge >= 0.3 is 0 Å². The number of hydrogen-bond acceptors (Lipinski definition) is 3. The summed E-state index contributed by atoms with van der Waals surface area (Å²) in [6, 6.07) is 22.5. The van der Waals surface area contributed by atoms with Crippen LogP contribution in [0.3, 0.4) is 0 Å². The van der Waals surface area contributed by atoms with E-state index in [1.54, 1.807) is 35.2 Å². The lowest BCUT2D eigenvalue weighted by Crippen LogP contribution is -2.38. The largest absolute Gasteiger partial charge is 0.482 e. The minimum Gasteiger partial charge on any atom is -0.482 e. The molecule has 4 rings (SSSR count). The molecule has 0 fully saturated rings. The third-order valence-electron chi connectivity index (χ3n) is 4.66. The zero-order valence-electron chi connectivity index (χ0n) is 15.5. The summed E-state index contributed by atoms with van der Waals surface area (Å²) in [7, 11) is 0. The van der Waals surface area contributed by atoms with Crippen molar-refractivity contribution < 1.29 is 14.3 Å². The summed E-state index contributed by atoms with van der Waals surface area (Å²) < 4.78 is 5.56. The van der Waals surface area contributed by atoms with Gasteiger partial charge in [-0.3, -0.25) is 9.59 Å². The number of amides is 2. The average Bonchev–Trinajstić information content (AvgIpc) is 2.71. The van der Waals surface area contributed by atoms with E-state index in [0.29, 0.717) is 29.2 Å². The van der Waals surface area contributed by atoms with Gasteiger partial charge < -0.3 is 15.0 Å². The molecule has 0 aliphatic carbocycles. The molecule has 0 atom stereocenters. The van der Waals surface area contributed by atoms with Crippen molar-refractivity contribution in [1.29, 1.82) is 0 Å². The fourth-order valence-electron chi connectivity index (χ4n) is 3.13. The van der Waals surface area contributed by atoms with E-state index in [-0.39, 0.29) is 18.4 Å². The molecule has 3 aromatic carbocycles. The molecule has 0 saturated carbocycles. The first-order valence-corrected chi connectivity index (χ1v) is 9.09. The minimum atomic E-state index is -0.197. The van der Waals surface area contributed by atoms with E-state index in [1.165, 1.54) is 0 Å². The molecule has 1 N–H and O–H groups in total. The molecule has 1 aliphatic rings. The Morgan fingerprint density at radius 1 is 1.04 bits per heavy atom. The SMILES string of the molecule is Cc1ccc(C(=O)Nc2ccc3c(c2)N(Cc2ccccc2)C(=O)CO3)cc1. The van der Waals surface area contributed by atoms with Crippen LogP contribution in [0.25, 0.3) is 0 Å². The second-order valence-corrected chi connectivity index (χ2v) is 6.76. The number of nitrogens with one attached hydrogen (secondary N) is 1. The Labute approximate surface area is 163 Å². The molecule has 0 bridgehead atoms. The van der Waals surface area contributed by atoms with Crippen molar-refractivity contribution in [2.24, 2.45) is 0 Å². The Hall–Kier alpha value is -3.60. The van der Waals surface area contributed by atoms with Crippen LogP contribution in [0.4, 0.5) is 11.4 Å². The van der Waals surface area contributed by atoms with Gasteiger partial charge in [-0.1, -0.05) is 48.0 Å². The van der Waals surface area contributed by atoms with Crippen LogP contribution in [-0.4, -0.2) is 18.4 Å². The zero-order chi connectivity index (χ0) is 19.5. The Balaban J connectivity index is 1.59. The van der Waals surface area contributed by atoms with Crippen LogP contribution in [0.1, 0.15) is 21.5 Å². The van der Waals surface area contributed by atoms with Gasteiger partial charge in [0.2, 0.25) is 0 Å². The Kier molecular flexibility index (Phi) is 4.81. The first-order valence-electron chi connectivity index (χ1n) is 9.09. The molecule has 3 aromatic rings. The number of fused-ring (bicyclic) bond motifs is 1. The highest BCUT2D eigenvalue weighted by molar-refractivity contribution is 6.05. The van der Waals surface area contributed by atoms with Crippen LogP contribution >= 0.6 is 0 Å². The number of carbonyl (C=O) groups is 2. The van der Waals surface area contributed by atoms with Crippen molar-refractivity contribution in [2.75, 3.05) is 16.8 Å². The zero-order valence-corrected chi connectivity index (χ0v) is 15.5. The van der Waals surface area contributed by atoms with Crippen molar-refractivity contribution in [3.8, 4) is 5.75 Å². The molecule has 5 heteroatoms. The van der Waals surface area contributed by atoms with Gasteiger partial charge in [-0.2, -0.15) is 0 Å². The monoisotopic (exact) mass is 372 g/mol. The number of anilines is 2. The molecule has 0 radical (unpaired) electrons. The van der Waals surface area contributed by atoms with Gasteiger partial charge in [0.25, 0.3) is 11.8 Å². The number of aryl methyl sites for hydroxylation is 1. The fourth-order valence-corrected chi connectivity index (χ4v) is 3.13. The van der Waals surface area contributed by atoms with Gasteiger partial charge in [0, 0.05) is 11.3 Å². The lowest BCUT2D eigenvalue weighted by atomic mass is 10.1. The summed E-state index contributed by atoms with van der Waals surface area (Å²) in [6.07, 6.45) is 0. The topological polar surface area (TPSA) is 58.6 Å². The molecule has 0 unspecified atom stereocenters. The standard InChI is InChI=1S/C23H20N2O3/c1-16-7-9-18(10-8-16)23(27)24-19-11-12-21-20(13-19)25(22(26)15-28-21)14-17-5-3-2-4-6-17/h2-13H,14-15H2,1H3,(H,24,27). The lowest BCUT2D eigenvalue weighted by Gasteiger charge is -2.30. The van der Waals surface area contributed by atoms with E-state index >= 15 is 0 Å². The van der Waals surface area contributed by atoms with Crippen LogP contribution in [0, 0.1) is 6.92 Å². The Morgan fingerprint density at radius 2 is 1.79 bits per heavy atom. The normalized spacial score (nSPS) is 12.9. The van der Waals surface area contributed by atoms with E-state index in [2.05, 4.69) is 5.32 Å². The second-order valence-electron chi connectivity index (χ2n) is 6.76. The van der Waals surface area contributed by atoms with Crippen LogP contribution < -0.4 is 15.0 Å². The van der Waals surface area contributed by atoms with Crippen LogP contribution in [0.2, 0.25) is 0 Å². The number of benzene rings is 3. The summed E-state index contributed by atoms with van der Waals surface area (Å²) in [5.41, 5.74) is 3.97. The third kappa shape index (κ3) is 3.74. The number of nitrogens with zero attached hydrogens (tertiary/aromatic N) is 1. The highest BCUT2D eigenvalue weighted by Gasteiger charge is 2.26. The molecule has 0 saturated heterocycles. The summed E-state index contributed by atoms with van der Waals surface area (Å²) in [4.78, 5) is 26.7. The quantitative estimate of drug-likeness (QED) is 0.748. The summed E-state index contributed by atoms with van der Waals surface area (Å²) >= 11 is 0. The van der Waals surface area contributed by atoms with Crippen LogP contribution in [-0.2, 0) is 11.3 Å². The van der Waals surface area contributed by atoms with Crippen LogP contribution in [0.5, 0.6) is 5.75 Å². The molecular formula is C23H20N2O3. The Bertz CT molecular complexity index is 1010. The molecule has 1 aliphatic heterocycles. The maximum absolute atomic E-state index is 12.5. The molecule has 2 amide bonds. The van der Waals surface area contributed by atoms with Crippen molar-refractivity contribution in [3.05, 3.63) is 89.5 Å². The maximum Gasteiger partial charge on any atom is 0.265 e. The van der Waals surface area contributed by atoms with Gasteiger partial charge in [-0.15, -0.1) is 0 Å². The Morgan fingerprint density at radius 3 is 2.54 bits per heavy atom. The molecule has 140 valence electrons. The van der Waals surface area contributed by atoms with Crippen molar-refractivity contribution in [2.45, 2.75) is 13.5 Å². The van der Waals surface area contributed by atoms with Crippen LogP contribution in [0.15, 0.2) is 72.8 Å². The van der Waals surface area contributed by atoms with Gasteiger partial charge in [0.15, 0.2) is 6.61 Å². The number of carbonyl (C=O) groups excluding carboxylic acids is 2. The molecule has 28 heavy (non-hydrogen) atoms. The van der Waals surface area contributed by atoms with Crippen molar-refractivity contribution >= 4 is 23.2 Å². The first-order chi connectivity index (χ1) is 13.6. The van der Waals surface area contributed by atoms with Gasteiger partial charge in [-0.05, 0) is 42.8 Å². The van der Waals surface area contributed by atoms with Gasteiger partial charge in [0.05, 0.1) is 12.2 Å². The maximum atomic E-state index is 12.5. The lowest BCUT2D eigenvalue weighted by molar-refractivity contribution is -0.121. The van der Waals surface area contributed by atoms with Crippen molar-refractivity contribution in [3.63, 3.8) is 0 Å². The average molecular weight is 372 g/mol. The predicted molar refractivity (Wildman–Crippen MR) is 109 cm³/mol. The van der Waals surface area contributed by atoms with E-state index in [9.17, 15) is 9.59 Å². The molecule has 5 nitrogen and oxygen atoms in total. The summed E-state index contributed by atoms with van der Waals surface area (Å²) in [5.74, 6) is 0.319. The van der Waals surface area contributed by atoms with E-state index < -0.39 is 0 Å². The predicted octanol–water partition coefficient (Wildman–Crippen LogP) is 4.17. The number of ether oxygens (including phenoxy) is 1. The second kappa shape index (κ2) is 7.56. The molecule has 1 heterocycles. The number of hydrogen-bond donors (Lipinski definition) is 1. The van der Waals surface area contributed by atoms with E-state index in [1.807, 2.05) is 49.4 Å². The van der Waals surface area contributed by atoms with Gasteiger partial charge in [0.1, 0.15) is 5.75 Å². The minimum absolute atomic E-state index is 0.00884. The summed E-state index contributed by atoms with van der Waals surface area (Å²) in [5, 5.41) is 2.89. The van der Waals surface area contributed by atoms with Crippen molar-refractivity contribution in [1.82, 2.24) is 0 Å². The van der Waals surface area contributed by atoms with E-state index in [4.69, 9.17) is 4.74 Å². The molecule has 0 aromatic heterocycles. The highest BCUT2D eigenvalue weighted by atomic mass is 16.5. The van der Waals surface area contributed by atoms with Gasteiger partial charge in [-0.25, -0.2) is 0 Å². The van der Waals surface area contributed by atoms with E-state index in [0.717, 1.165) is 11.1 Å². The molecular weight excluding hydrogens is 352 g/mol. The summed E-state index contributed by atoms with van der Waals surface area (Å²) in [6.45, 7) is 2.43.